The lowest BCUT2D eigenvalue weighted by Crippen LogP contribution is -2.45. The summed E-state index contributed by atoms with van der Waals surface area (Å²) < 4.78 is 6.13. The van der Waals surface area contributed by atoms with Crippen molar-refractivity contribution in [1.82, 2.24) is 24.8 Å². The fourth-order valence-corrected chi connectivity index (χ4v) is 9.20. The Balaban J connectivity index is 0.732. The molecule has 2 saturated carbocycles. The molecule has 6 atom stereocenters. The quantitative estimate of drug-likeness (QED) is 0.160. The van der Waals surface area contributed by atoms with Crippen molar-refractivity contribution in [3.8, 4) is 22.8 Å². The number of nitrogens with one attached hydrogen (secondary N) is 2. The predicted octanol–water partition coefficient (Wildman–Crippen LogP) is 7.59. The van der Waals surface area contributed by atoms with Crippen LogP contribution in [0.1, 0.15) is 46.7 Å². The van der Waals surface area contributed by atoms with E-state index in [2.05, 4.69) is 25.6 Å². The number of likely N-dealkylation sites (tertiary alicyclic amines) is 2. The fraction of sp³-hybridized carbons (Fsp3) is 0.213. The lowest BCUT2D eigenvalue weighted by atomic mass is 10.1. The minimum Gasteiger partial charge on any atom is -0.436 e. The first-order chi connectivity index (χ1) is 28.9. The van der Waals surface area contributed by atoms with Crippen LogP contribution in [0.4, 0.5) is 11.4 Å². The summed E-state index contributed by atoms with van der Waals surface area (Å²) in [5, 5.41) is 9.47. The minimum atomic E-state index is -0.578. The van der Waals surface area contributed by atoms with Crippen LogP contribution in [0, 0.1) is 11.8 Å². The van der Waals surface area contributed by atoms with Crippen molar-refractivity contribution in [3.05, 3.63) is 139 Å². The predicted molar refractivity (Wildman–Crippen MR) is 221 cm³/mol. The molecule has 4 aliphatic rings. The Morgan fingerprint density at radius 3 is 1.53 bits per heavy atom. The highest BCUT2D eigenvalue weighted by atomic mass is 16.4. The summed E-state index contributed by atoms with van der Waals surface area (Å²) >= 11 is 0. The number of piperidine rings is 2. The summed E-state index contributed by atoms with van der Waals surface area (Å²) in [5.41, 5.74) is 3.47. The highest BCUT2D eigenvalue weighted by molar-refractivity contribution is 6.09. The van der Waals surface area contributed by atoms with E-state index in [1.54, 1.807) is 40.5 Å². The number of carbonyl (C=O) groups is 4. The standard InChI is InChI=1S/C47H37N7O5/c55-43(38-23-30-21-36(30)53(38)46(57)41-34-7-3-1-5-26(34)17-19-48-41)51-32-13-9-28(10-14-32)40-25-50-45(59-40)29-11-15-33(16-12-29)52-44(56)39-24-31-22-37(31)54(39)47(58)42-35-8-4-2-6-27(35)18-20-49-42/h1-20,25,30-31,36-39H,21-24H2,(H,51,55)(H,52,56). The van der Waals surface area contributed by atoms with E-state index < -0.39 is 12.1 Å². The van der Waals surface area contributed by atoms with Gasteiger partial charge in [0.2, 0.25) is 17.7 Å². The molecule has 2 aliphatic heterocycles. The van der Waals surface area contributed by atoms with Crippen LogP contribution in [0.2, 0.25) is 0 Å². The molecule has 6 unspecified atom stereocenters. The van der Waals surface area contributed by atoms with Crippen LogP contribution >= 0.6 is 0 Å². The minimum absolute atomic E-state index is 0.0562. The first-order valence-corrected chi connectivity index (χ1v) is 20.0. The van der Waals surface area contributed by atoms with Crippen LogP contribution in [0.25, 0.3) is 44.3 Å². The molecule has 4 aromatic carbocycles. The van der Waals surface area contributed by atoms with Gasteiger partial charge in [0.25, 0.3) is 11.8 Å². The number of oxazole rings is 1. The zero-order chi connectivity index (χ0) is 39.8. The third kappa shape index (κ3) is 6.19. The number of fused-ring (bicyclic) bond motifs is 4. The lowest BCUT2D eigenvalue weighted by Gasteiger charge is -2.27. The lowest BCUT2D eigenvalue weighted by molar-refractivity contribution is -0.120. The molecule has 12 nitrogen and oxygen atoms in total. The van der Waals surface area contributed by atoms with Crippen LogP contribution in [-0.4, -0.2) is 72.5 Å². The van der Waals surface area contributed by atoms with Crippen molar-refractivity contribution < 1.29 is 23.6 Å². The van der Waals surface area contributed by atoms with Gasteiger partial charge in [-0.05, 0) is 109 Å². The van der Waals surface area contributed by atoms with Gasteiger partial charge in [0, 0.05) is 57.8 Å². The number of amides is 4. The topological polar surface area (TPSA) is 151 Å². The zero-order valence-electron chi connectivity index (χ0n) is 31.7. The van der Waals surface area contributed by atoms with E-state index in [1.165, 1.54) is 0 Å². The van der Waals surface area contributed by atoms with Gasteiger partial charge < -0.3 is 24.9 Å². The molecular formula is C47H37N7O5. The molecule has 3 aromatic heterocycles. The van der Waals surface area contributed by atoms with Gasteiger partial charge >= 0.3 is 0 Å². The van der Waals surface area contributed by atoms with E-state index in [0.717, 1.165) is 45.5 Å². The highest BCUT2D eigenvalue weighted by Crippen LogP contribution is 2.50. The number of carbonyl (C=O) groups excluding carboxylic acids is 4. The number of anilines is 2. The molecule has 4 amide bonds. The highest BCUT2D eigenvalue weighted by Gasteiger charge is 2.57. The Hall–Kier alpha value is -7.21. The van der Waals surface area contributed by atoms with Crippen molar-refractivity contribution in [2.75, 3.05) is 10.6 Å². The average Bonchev–Trinajstić information content (AvgIpc) is 4.04. The first kappa shape index (κ1) is 35.0. The van der Waals surface area contributed by atoms with Gasteiger partial charge in [-0.1, -0.05) is 48.5 Å². The first-order valence-electron chi connectivity index (χ1n) is 20.0. The van der Waals surface area contributed by atoms with E-state index in [9.17, 15) is 19.2 Å². The summed E-state index contributed by atoms with van der Waals surface area (Å²) in [4.78, 5) is 71.7. The van der Waals surface area contributed by atoms with E-state index in [-0.39, 0.29) is 35.7 Å². The SMILES string of the molecule is O=C(Nc1ccc(-c2cnc(-c3ccc(NC(=O)C4CC5CC5N4C(=O)c4nccc5ccccc45)cc3)o2)cc1)C1CC2CC2N1C(=O)c1nccc2ccccc12. The van der Waals surface area contributed by atoms with Gasteiger partial charge in [-0.2, -0.15) is 0 Å². The van der Waals surface area contributed by atoms with Crippen molar-refractivity contribution in [2.45, 2.75) is 49.9 Å². The molecule has 2 aliphatic carbocycles. The van der Waals surface area contributed by atoms with E-state index in [4.69, 9.17) is 4.42 Å². The number of aromatic nitrogens is 3. The summed E-state index contributed by atoms with van der Waals surface area (Å²) in [5.74, 6) is 0.755. The molecule has 7 aromatic rings. The maximum absolute atomic E-state index is 13.8. The van der Waals surface area contributed by atoms with Crippen LogP contribution in [0.5, 0.6) is 0 Å². The van der Waals surface area contributed by atoms with Gasteiger partial charge in [-0.3, -0.25) is 29.1 Å². The smallest absolute Gasteiger partial charge is 0.274 e. The van der Waals surface area contributed by atoms with Crippen LogP contribution < -0.4 is 10.6 Å². The van der Waals surface area contributed by atoms with Gasteiger partial charge in [0.05, 0.1) is 6.20 Å². The molecule has 11 rings (SSSR count). The molecule has 2 saturated heterocycles. The Bertz CT molecular complexity index is 2640. The summed E-state index contributed by atoms with van der Waals surface area (Å²) in [7, 11) is 0. The molecule has 5 heterocycles. The second kappa shape index (κ2) is 13.7. The Morgan fingerprint density at radius 2 is 1.02 bits per heavy atom. The van der Waals surface area contributed by atoms with E-state index in [0.29, 0.717) is 59.1 Å². The van der Waals surface area contributed by atoms with Crippen LogP contribution in [0.15, 0.2) is 132 Å². The summed E-state index contributed by atoms with van der Waals surface area (Å²) in [6.45, 7) is 0. The molecule has 0 spiro atoms. The Morgan fingerprint density at radius 1 is 0.542 bits per heavy atom. The van der Waals surface area contributed by atoms with Crippen molar-refractivity contribution >= 4 is 56.5 Å². The normalized spacial score (nSPS) is 22.5. The van der Waals surface area contributed by atoms with Gasteiger partial charge in [0.1, 0.15) is 23.5 Å². The molecular weight excluding hydrogens is 743 g/mol. The van der Waals surface area contributed by atoms with Crippen LogP contribution in [-0.2, 0) is 9.59 Å². The monoisotopic (exact) mass is 779 g/mol. The number of pyridine rings is 2. The number of hydrogen-bond donors (Lipinski definition) is 2. The molecule has 2 N–H and O–H groups in total. The van der Waals surface area contributed by atoms with E-state index >= 15 is 0 Å². The molecule has 0 radical (unpaired) electrons. The molecule has 4 fully saturated rings. The van der Waals surface area contributed by atoms with Gasteiger partial charge in [-0.15, -0.1) is 0 Å². The summed E-state index contributed by atoms with van der Waals surface area (Å²) in [6, 6.07) is 32.6. The number of benzene rings is 4. The van der Waals surface area contributed by atoms with Crippen molar-refractivity contribution in [3.63, 3.8) is 0 Å². The van der Waals surface area contributed by atoms with Crippen LogP contribution in [0.3, 0.4) is 0 Å². The maximum atomic E-state index is 13.8. The van der Waals surface area contributed by atoms with Crippen molar-refractivity contribution in [2.24, 2.45) is 11.8 Å². The van der Waals surface area contributed by atoms with Gasteiger partial charge in [0.15, 0.2) is 5.76 Å². The second-order valence-corrected chi connectivity index (χ2v) is 16.0. The number of nitrogens with zero attached hydrogens (tertiary/aromatic N) is 5. The van der Waals surface area contributed by atoms with Crippen molar-refractivity contribution in [1.29, 1.82) is 0 Å². The fourth-order valence-electron chi connectivity index (χ4n) is 9.20. The summed E-state index contributed by atoms with van der Waals surface area (Å²) in [6.07, 6.45) is 8.01. The average molecular weight is 780 g/mol. The third-order valence-electron chi connectivity index (χ3n) is 12.4. The van der Waals surface area contributed by atoms with E-state index in [1.807, 2.05) is 97.1 Å². The molecule has 59 heavy (non-hydrogen) atoms. The molecule has 290 valence electrons. The second-order valence-electron chi connectivity index (χ2n) is 16.0. The van der Waals surface area contributed by atoms with Gasteiger partial charge in [-0.25, -0.2) is 4.98 Å². The molecule has 0 bridgehead atoms. The molecule has 12 heteroatoms. The number of rotatable bonds is 8. The zero-order valence-corrected chi connectivity index (χ0v) is 31.7. The third-order valence-corrected chi connectivity index (χ3v) is 12.4. The largest absolute Gasteiger partial charge is 0.436 e. The number of hydrogen-bond acceptors (Lipinski definition) is 8. The Labute approximate surface area is 338 Å². The maximum Gasteiger partial charge on any atom is 0.274 e. The Kier molecular flexibility index (Phi) is 8.14.